The van der Waals surface area contributed by atoms with E-state index in [-0.39, 0.29) is 5.82 Å². The van der Waals surface area contributed by atoms with Crippen molar-refractivity contribution in [2.75, 3.05) is 6.54 Å². The molecule has 0 radical (unpaired) electrons. The van der Waals surface area contributed by atoms with Crippen LogP contribution in [0.4, 0.5) is 4.39 Å². The fourth-order valence-corrected chi connectivity index (χ4v) is 1.31. The van der Waals surface area contributed by atoms with E-state index in [2.05, 4.69) is 4.98 Å². The second-order valence-electron chi connectivity index (χ2n) is 3.11. The van der Waals surface area contributed by atoms with Crippen LogP contribution in [-0.2, 0) is 6.42 Å². The third kappa shape index (κ3) is 1.75. The van der Waals surface area contributed by atoms with Gasteiger partial charge >= 0.3 is 0 Å². The predicted molar refractivity (Wildman–Crippen MR) is 51.3 cm³/mol. The number of hydrogen-bond donors (Lipinski definition) is 1. The summed E-state index contributed by atoms with van der Waals surface area (Å²) in [6.45, 7) is 0.604. The van der Waals surface area contributed by atoms with Crippen LogP contribution in [0.2, 0.25) is 0 Å². The van der Waals surface area contributed by atoms with Gasteiger partial charge in [0.05, 0.1) is 0 Å². The van der Waals surface area contributed by atoms with Crippen LogP contribution in [0, 0.1) is 5.82 Å². The first-order chi connectivity index (χ1) is 6.79. The lowest BCUT2D eigenvalue weighted by Crippen LogP contribution is -2.00. The molecule has 0 saturated carbocycles. The van der Waals surface area contributed by atoms with E-state index in [0.29, 0.717) is 30.0 Å². The molecule has 0 fully saturated rings. The number of hydrogen-bond acceptors (Lipinski definition) is 3. The number of oxazole rings is 1. The van der Waals surface area contributed by atoms with Crippen LogP contribution in [0.15, 0.2) is 22.6 Å². The first-order valence-electron chi connectivity index (χ1n) is 4.54. The molecular formula is C10H11FN2O. The maximum absolute atomic E-state index is 12.8. The predicted octanol–water partition coefficient (Wildman–Crippen LogP) is 1.86. The zero-order chi connectivity index (χ0) is 9.97. The minimum absolute atomic E-state index is 0.295. The molecule has 2 N–H and O–H groups in total. The topological polar surface area (TPSA) is 52.0 Å². The van der Waals surface area contributed by atoms with Crippen LogP contribution in [0.3, 0.4) is 0 Å². The second kappa shape index (κ2) is 3.75. The molecule has 0 bridgehead atoms. The van der Waals surface area contributed by atoms with Crippen LogP contribution >= 0.6 is 0 Å². The van der Waals surface area contributed by atoms with Crippen LogP contribution in [0.1, 0.15) is 12.3 Å². The van der Waals surface area contributed by atoms with Crippen molar-refractivity contribution in [3.8, 4) is 0 Å². The van der Waals surface area contributed by atoms with E-state index in [0.717, 1.165) is 6.42 Å². The second-order valence-corrected chi connectivity index (χ2v) is 3.11. The third-order valence-corrected chi connectivity index (χ3v) is 1.99. The average Bonchev–Trinajstić information content (AvgIpc) is 2.56. The summed E-state index contributed by atoms with van der Waals surface area (Å²) in [5.41, 5.74) is 6.56. The summed E-state index contributed by atoms with van der Waals surface area (Å²) in [5, 5.41) is 0. The number of halogens is 1. The van der Waals surface area contributed by atoms with Gasteiger partial charge in [-0.1, -0.05) is 0 Å². The van der Waals surface area contributed by atoms with Crippen molar-refractivity contribution in [3.05, 3.63) is 29.9 Å². The average molecular weight is 194 g/mol. The molecule has 0 spiro atoms. The highest BCUT2D eigenvalue weighted by Gasteiger charge is 2.05. The van der Waals surface area contributed by atoms with Crippen molar-refractivity contribution in [3.63, 3.8) is 0 Å². The Balaban J connectivity index is 2.32. The Hall–Kier alpha value is -1.42. The lowest BCUT2D eigenvalue weighted by molar-refractivity contribution is 0.521. The summed E-state index contributed by atoms with van der Waals surface area (Å²) >= 11 is 0. The summed E-state index contributed by atoms with van der Waals surface area (Å²) in [6, 6.07) is 4.31. The normalized spacial score (nSPS) is 11.0. The molecule has 2 rings (SSSR count). The van der Waals surface area contributed by atoms with Gasteiger partial charge in [0, 0.05) is 12.5 Å². The fraction of sp³-hybridized carbons (Fsp3) is 0.300. The molecule has 2 aromatic rings. The summed E-state index contributed by atoms with van der Waals surface area (Å²) in [6.07, 6.45) is 1.53. The lowest BCUT2D eigenvalue weighted by atomic mass is 10.3. The van der Waals surface area contributed by atoms with E-state index in [1.54, 1.807) is 6.07 Å². The van der Waals surface area contributed by atoms with Gasteiger partial charge in [-0.25, -0.2) is 9.37 Å². The van der Waals surface area contributed by atoms with Gasteiger partial charge in [0.2, 0.25) is 0 Å². The Labute approximate surface area is 80.7 Å². The molecule has 0 amide bonds. The number of nitrogens with two attached hydrogens (primary N) is 1. The number of rotatable bonds is 3. The summed E-state index contributed by atoms with van der Waals surface area (Å²) in [7, 11) is 0. The lowest BCUT2D eigenvalue weighted by Gasteiger charge is -1.89. The van der Waals surface area contributed by atoms with Crippen molar-refractivity contribution >= 4 is 11.1 Å². The zero-order valence-electron chi connectivity index (χ0n) is 7.66. The van der Waals surface area contributed by atoms with Gasteiger partial charge in [0.25, 0.3) is 0 Å². The van der Waals surface area contributed by atoms with E-state index in [1.807, 2.05) is 0 Å². The standard InChI is InChI=1S/C10H11FN2O/c11-7-3-4-9-8(6-7)13-10(14-9)2-1-5-12/h3-4,6H,1-2,5,12H2. The fourth-order valence-electron chi connectivity index (χ4n) is 1.31. The van der Waals surface area contributed by atoms with Gasteiger partial charge < -0.3 is 10.2 Å². The van der Waals surface area contributed by atoms with Crippen LogP contribution in [-0.4, -0.2) is 11.5 Å². The van der Waals surface area contributed by atoms with E-state index in [4.69, 9.17) is 10.2 Å². The molecule has 0 unspecified atom stereocenters. The van der Waals surface area contributed by atoms with Crippen molar-refractivity contribution in [2.45, 2.75) is 12.8 Å². The van der Waals surface area contributed by atoms with Crippen molar-refractivity contribution < 1.29 is 8.81 Å². The molecule has 4 heteroatoms. The van der Waals surface area contributed by atoms with Gasteiger partial charge in [-0.05, 0) is 25.1 Å². The quantitative estimate of drug-likeness (QED) is 0.811. The molecule has 0 aliphatic carbocycles. The Bertz CT molecular complexity index is 439. The molecule has 1 aromatic carbocycles. The Morgan fingerprint density at radius 1 is 1.43 bits per heavy atom. The van der Waals surface area contributed by atoms with Crippen molar-refractivity contribution in [2.24, 2.45) is 5.73 Å². The Kier molecular flexibility index (Phi) is 2.45. The molecular weight excluding hydrogens is 183 g/mol. The number of aromatic nitrogens is 1. The molecule has 1 aromatic heterocycles. The van der Waals surface area contributed by atoms with Crippen molar-refractivity contribution in [1.29, 1.82) is 0 Å². The zero-order valence-corrected chi connectivity index (χ0v) is 7.66. The van der Waals surface area contributed by atoms with Gasteiger partial charge in [-0.3, -0.25) is 0 Å². The van der Waals surface area contributed by atoms with E-state index in [1.165, 1.54) is 12.1 Å². The van der Waals surface area contributed by atoms with Crippen LogP contribution < -0.4 is 5.73 Å². The summed E-state index contributed by atoms with van der Waals surface area (Å²) in [4.78, 5) is 4.15. The van der Waals surface area contributed by atoms with E-state index in [9.17, 15) is 4.39 Å². The third-order valence-electron chi connectivity index (χ3n) is 1.99. The van der Waals surface area contributed by atoms with E-state index < -0.39 is 0 Å². The van der Waals surface area contributed by atoms with Gasteiger partial charge in [-0.2, -0.15) is 0 Å². The summed E-state index contributed by atoms with van der Waals surface area (Å²) < 4.78 is 18.2. The Morgan fingerprint density at radius 2 is 2.29 bits per heavy atom. The number of nitrogens with zero attached hydrogens (tertiary/aromatic N) is 1. The van der Waals surface area contributed by atoms with Gasteiger partial charge in [-0.15, -0.1) is 0 Å². The van der Waals surface area contributed by atoms with Crippen molar-refractivity contribution in [1.82, 2.24) is 4.98 Å². The monoisotopic (exact) mass is 194 g/mol. The Morgan fingerprint density at radius 3 is 3.07 bits per heavy atom. The molecule has 0 aliphatic heterocycles. The highest BCUT2D eigenvalue weighted by atomic mass is 19.1. The van der Waals surface area contributed by atoms with Crippen LogP contribution in [0.25, 0.3) is 11.1 Å². The highest BCUT2D eigenvalue weighted by molar-refractivity contribution is 5.72. The minimum Gasteiger partial charge on any atom is -0.441 e. The molecule has 1 heterocycles. The molecule has 0 aliphatic rings. The van der Waals surface area contributed by atoms with Gasteiger partial charge in [0.1, 0.15) is 11.3 Å². The maximum atomic E-state index is 12.8. The molecule has 14 heavy (non-hydrogen) atoms. The first-order valence-corrected chi connectivity index (χ1v) is 4.54. The number of benzene rings is 1. The van der Waals surface area contributed by atoms with E-state index >= 15 is 0 Å². The minimum atomic E-state index is -0.295. The largest absolute Gasteiger partial charge is 0.441 e. The highest BCUT2D eigenvalue weighted by Crippen LogP contribution is 2.17. The first kappa shape index (κ1) is 9.15. The molecule has 0 saturated heterocycles. The van der Waals surface area contributed by atoms with Gasteiger partial charge in [0.15, 0.2) is 11.5 Å². The van der Waals surface area contributed by atoms with Crippen LogP contribution in [0.5, 0.6) is 0 Å². The molecule has 3 nitrogen and oxygen atoms in total. The SMILES string of the molecule is NCCCc1nc2cc(F)ccc2o1. The maximum Gasteiger partial charge on any atom is 0.195 e. The number of fused-ring (bicyclic) bond motifs is 1. The smallest absolute Gasteiger partial charge is 0.195 e. The molecule has 74 valence electrons. The number of aryl methyl sites for hydroxylation is 1. The summed E-state index contributed by atoms with van der Waals surface area (Å²) in [5.74, 6) is 0.326. The molecule has 0 atom stereocenters.